The van der Waals surface area contributed by atoms with E-state index in [4.69, 9.17) is 4.74 Å². The summed E-state index contributed by atoms with van der Waals surface area (Å²) in [5.41, 5.74) is 2.25. The van der Waals surface area contributed by atoms with Crippen molar-refractivity contribution in [2.45, 2.75) is 20.1 Å². The van der Waals surface area contributed by atoms with Crippen LogP contribution in [0.1, 0.15) is 18.1 Å². The van der Waals surface area contributed by atoms with E-state index in [1.807, 2.05) is 6.07 Å². The van der Waals surface area contributed by atoms with E-state index in [9.17, 15) is 4.39 Å². The molecule has 1 N–H and O–H groups in total. The van der Waals surface area contributed by atoms with Crippen molar-refractivity contribution in [1.29, 1.82) is 0 Å². The van der Waals surface area contributed by atoms with Crippen molar-refractivity contribution in [3.63, 3.8) is 0 Å². The number of hydrogen-bond acceptors (Lipinski definition) is 2. The Kier molecular flexibility index (Phi) is 5.56. The first-order chi connectivity index (χ1) is 9.69. The Morgan fingerprint density at radius 2 is 2.05 bits per heavy atom. The summed E-state index contributed by atoms with van der Waals surface area (Å²) in [6.45, 7) is 4.28. The normalized spacial score (nSPS) is 10.6. The Balaban J connectivity index is 1.99. The summed E-state index contributed by atoms with van der Waals surface area (Å²) in [5.74, 6) is 0.246. The third kappa shape index (κ3) is 4.32. The average molecular weight is 338 g/mol. The van der Waals surface area contributed by atoms with Crippen LogP contribution in [0.15, 0.2) is 46.9 Å². The molecule has 0 radical (unpaired) electrons. The molecule has 0 fully saturated rings. The lowest BCUT2D eigenvalue weighted by molar-refractivity contribution is 0.304. The summed E-state index contributed by atoms with van der Waals surface area (Å²) < 4.78 is 19.6. The zero-order chi connectivity index (χ0) is 14.4. The van der Waals surface area contributed by atoms with E-state index in [1.165, 1.54) is 17.7 Å². The molecule has 2 aromatic rings. The molecule has 0 heterocycles. The van der Waals surface area contributed by atoms with Gasteiger partial charge in [-0.2, -0.15) is 0 Å². The van der Waals surface area contributed by atoms with Crippen LogP contribution in [0.2, 0.25) is 0 Å². The molecule has 0 aromatic heterocycles. The third-order valence-electron chi connectivity index (χ3n) is 2.89. The first kappa shape index (κ1) is 15.0. The van der Waals surface area contributed by atoms with Gasteiger partial charge in [0.15, 0.2) is 0 Å². The number of nitrogens with one attached hydrogen (secondary N) is 1. The Bertz CT molecular complexity index is 574. The molecule has 0 saturated carbocycles. The summed E-state index contributed by atoms with van der Waals surface area (Å²) >= 11 is 3.55. The summed E-state index contributed by atoms with van der Waals surface area (Å²) in [6.07, 6.45) is 0. The van der Waals surface area contributed by atoms with Gasteiger partial charge in [-0.25, -0.2) is 4.39 Å². The monoisotopic (exact) mass is 337 g/mol. The van der Waals surface area contributed by atoms with Crippen molar-refractivity contribution in [3.05, 3.63) is 63.9 Å². The fourth-order valence-electron chi connectivity index (χ4n) is 1.81. The van der Waals surface area contributed by atoms with Gasteiger partial charge >= 0.3 is 0 Å². The highest BCUT2D eigenvalue weighted by molar-refractivity contribution is 9.10. The van der Waals surface area contributed by atoms with Crippen LogP contribution in [0, 0.1) is 5.82 Å². The third-order valence-corrected chi connectivity index (χ3v) is 3.63. The Morgan fingerprint density at radius 1 is 1.20 bits per heavy atom. The molecule has 0 aliphatic carbocycles. The molecule has 0 spiro atoms. The van der Waals surface area contributed by atoms with E-state index in [-0.39, 0.29) is 5.82 Å². The van der Waals surface area contributed by atoms with Crippen LogP contribution in [-0.4, -0.2) is 6.54 Å². The zero-order valence-corrected chi connectivity index (χ0v) is 12.9. The van der Waals surface area contributed by atoms with Crippen LogP contribution >= 0.6 is 15.9 Å². The SMILES string of the molecule is CCNCc1ccc(COc2cccc(F)c2)c(Br)c1. The molecule has 106 valence electrons. The van der Waals surface area contributed by atoms with Crippen LogP contribution in [0.25, 0.3) is 0 Å². The summed E-state index contributed by atoms with van der Waals surface area (Å²) in [5, 5.41) is 3.28. The van der Waals surface area contributed by atoms with Gasteiger partial charge in [-0.1, -0.05) is 41.1 Å². The highest BCUT2D eigenvalue weighted by atomic mass is 79.9. The maximum atomic E-state index is 13.0. The van der Waals surface area contributed by atoms with Gasteiger partial charge < -0.3 is 10.1 Å². The molecular formula is C16H17BrFNO. The number of halogens is 2. The van der Waals surface area contributed by atoms with Gasteiger partial charge in [0.25, 0.3) is 0 Å². The molecule has 20 heavy (non-hydrogen) atoms. The van der Waals surface area contributed by atoms with Crippen LogP contribution < -0.4 is 10.1 Å². The van der Waals surface area contributed by atoms with Gasteiger partial charge in [-0.15, -0.1) is 0 Å². The van der Waals surface area contributed by atoms with Crippen LogP contribution in [-0.2, 0) is 13.2 Å². The lowest BCUT2D eigenvalue weighted by atomic mass is 10.1. The maximum Gasteiger partial charge on any atom is 0.126 e. The topological polar surface area (TPSA) is 21.3 Å². The van der Waals surface area contributed by atoms with Gasteiger partial charge in [0, 0.05) is 22.6 Å². The van der Waals surface area contributed by atoms with Crippen LogP contribution in [0.5, 0.6) is 5.75 Å². The zero-order valence-electron chi connectivity index (χ0n) is 11.3. The van der Waals surface area contributed by atoms with E-state index < -0.39 is 0 Å². The highest BCUT2D eigenvalue weighted by Gasteiger charge is 2.03. The van der Waals surface area contributed by atoms with E-state index in [2.05, 4.69) is 40.3 Å². The summed E-state index contributed by atoms with van der Waals surface area (Å²) in [7, 11) is 0. The summed E-state index contributed by atoms with van der Waals surface area (Å²) in [4.78, 5) is 0. The largest absolute Gasteiger partial charge is 0.489 e. The molecule has 2 rings (SSSR count). The number of ether oxygens (including phenoxy) is 1. The molecular weight excluding hydrogens is 321 g/mol. The van der Waals surface area contributed by atoms with Crippen molar-refractivity contribution >= 4 is 15.9 Å². The van der Waals surface area contributed by atoms with Crippen molar-refractivity contribution in [3.8, 4) is 5.75 Å². The molecule has 2 nitrogen and oxygen atoms in total. The van der Waals surface area contributed by atoms with Crippen molar-refractivity contribution < 1.29 is 9.13 Å². The standard InChI is InChI=1S/C16H17BrFNO/c1-2-19-10-12-6-7-13(16(17)8-12)11-20-15-5-3-4-14(18)9-15/h3-9,19H,2,10-11H2,1H3. The van der Waals surface area contributed by atoms with Crippen molar-refractivity contribution in [2.75, 3.05) is 6.54 Å². The smallest absolute Gasteiger partial charge is 0.126 e. The van der Waals surface area contributed by atoms with Gasteiger partial charge in [0.05, 0.1) is 0 Å². The van der Waals surface area contributed by atoms with E-state index in [1.54, 1.807) is 12.1 Å². The second-order valence-electron chi connectivity index (χ2n) is 4.45. The Hall–Kier alpha value is -1.39. The minimum absolute atomic E-state index is 0.289. The minimum Gasteiger partial charge on any atom is -0.489 e. The summed E-state index contributed by atoms with van der Waals surface area (Å²) in [6, 6.07) is 12.3. The first-order valence-electron chi connectivity index (χ1n) is 6.55. The molecule has 0 atom stereocenters. The second-order valence-corrected chi connectivity index (χ2v) is 5.31. The van der Waals surface area contributed by atoms with Crippen molar-refractivity contribution in [1.82, 2.24) is 5.32 Å². The van der Waals surface area contributed by atoms with Gasteiger partial charge in [0.1, 0.15) is 18.2 Å². The lowest BCUT2D eigenvalue weighted by Crippen LogP contribution is -2.11. The molecule has 2 aromatic carbocycles. The molecule has 0 saturated heterocycles. The Labute approximate surface area is 127 Å². The number of hydrogen-bond donors (Lipinski definition) is 1. The maximum absolute atomic E-state index is 13.0. The van der Waals surface area contributed by atoms with Gasteiger partial charge in [0.2, 0.25) is 0 Å². The molecule has 4 heteroatoms. The Morgan fingerprint density at radius 3 is 2.75 bits per heavy atom. The first-order valence-corrected chi connectivity index (χ1v) is 7.34. The molecule has 0 aliphatic heterocycles. The molecule has 0 aliphatic rings. The molecule has 0 bridgehead atoms. The average Bonchev–Trinajstić information content (AvgIpc) is 2.44. The van der Waals surface area contributed by atoms with Crippen LogP contribution in [0.3, 0.4) is 0 Å². The van der Waals surface area contributed by atoms with Gasteiger partial charge in [-0.05, 0) is 30.3 Å². The predicted octanol–water partition coefficient (Wildman–Crippen LogP) is 4.28. The lowest BCUT2D eigenvalue weighted by Gasteiger charge is -2.10. The van der Waals surface area contributed by atoms with Crippen LogP contribution in [0.4, 0.5) is 4.39 Å². The van der Waals surface area contributed by atoms with Crippen molar-refractivity contribution in [2.24, 2.45) is 0 Å². The molecule has 0 unspecified atom stereocenters. The number of benzene rings is 2. The number of rotatable bonds is 6. The predicted molar refractivity (Wildman–Crippen MR) is 82.3 cm³/mol. The quantitative estimate of drug-likeness (QED) is 0.849. The van der Waals surface area contributed by atoms with E-state index in [0.29, 0.717) is 12.4 Å². The molecule has 0 amide bonds. The highest BCUT2D eigenvalue weighted by Crippen LogP contribution is 2.21. The minimum atomic E-state index is -0.289. The van der Waals surface area contributed by atoms with E-state index >= 15 is 0 Å². The second kappa shape index (κ2) is 7.41. The fourth-order valence-corrected chi connectivity index (χ4v) is 2.35. The van der Waals surface area contributed by atoms with Gasteiger partial charge in [-0.3, -0.25) is 0 Å². The fraction of sp³-hybridized carbons (Fsp3) is 0.250. The van der Waals surface area contributed by atoms with E-state index in [0.717, 1.165) is 23.1 Å².